The van der Waals surface area contributed by atoms with Gasteiger partial charge in [0.2, 0.25) is 0 Å². The van der Waals surface area contributed by atoms with E-state index in [2.05, 4.69) is 22.1 Å². The fraction of sp³-hybridized carbons (Fsp3) is 0.538. The predicted molar refractivity (Wildman–Crippen MR) is 68.6 cm³/mol. The SMILES string of the molecule is CN1CCC(Cc2nnc3ccc(O)cn23)CC1. The molecule has 1 fully saturated rings. The third-order valence-corrected chi connectivity index (χ3v) is 3.77. The molecule has 18 heavy (non-hydrogen) atoms. The second-order valence-corrected chi connectivity index (χ2v) is 5.18. The van der Waals surface area contributed by atoms with E-state index in [0.717, 1.165) is 31.0 Å². The lowest BCUT2D eigenvalue weighted by molar-refractivity contribution is 0.217. The van der Waals surface area contributed by atoms with Gasteiger partial charge in [0.25, 0.3) is 0 Å². The summed E-state index contributed by atoms with van der Waals surface area (Å²) in [6.45, 7) is 2.32. The number of aromatic nitrogens is 3. The molecule has 1 saturated heterocycles. The Labute approximate surface area is 106 Å². The summed E-state index contributed by atoms with van der Waals surface area (Å²) in [6.07, 6.45) is 5.06. The summed E-state index contributed by atoms with van der Waals surface area (Å²) in [7, 11) is 2.17. The van der Waals surface area contributed by atoms with E-state index in [1.165, 1.54) is 12.8 Å². The van der Waals surface area contributed by atoms with Crippen molar-refractivity contribution in [3.63, 3.8) is 0 Å². The molecular formula is C13H18N4O. The molecule has 0 atom stereocenters. The Bertz CT molecular complexity index is 543. The molecular weight excluding hydrogens is 228 g/mol. The number of rotatable bonds is 2. The number of fused-ring (bicyclic) bond motifs is 1. The van der Waals surface area contributed by atoms with Gasteiger partial charge in [-0.15, -0.1) is 10.2 Å². The Hall–Kier alpha value is -1.62. The van der Waals surface area contributed by atoms with Crippen molar-refractivity contribution in [1.29, 1.82) is 0 Å². The molecule has 3 rings (SSSR count). The van der Waals surface area contributed by atoms with Crippen LogP contribution in [0, 0.1) is 5.92 Å². The van der Waals surface area contributed by atoms with Crippen LogP contribution in [0.1, 0.15) is 18.7 Å². The van der Waals surface area contributed by atoms with Crippen molar-refractivity contribution >= 4 is 5.65 Å². The van der Waals surface area contributed by atoms with Gasteiger partial charge in [-0.2, -0.15) is 0 Å². The van der Waals surface area contributed by atoms with Crippen LogP contribution in [0.15, 0.2) is 18.3 Å². The second-order valence-electron chi connectivity index (χ2n) is 5.18. The summed E-state index contributed by atoms with van der Waals surface area (Å²) in [5.41, 5.74) is 0.802. The lowest BCUT2D eigenvalue weighted by Crippen LogP contribution is -2.31. The number of hydrogen-bond donors (Lipinski definition) is 1. The van der Waals surface area contributed by atoms with Crippen LogP contribution in [0.2, 0.25) is 0 Å². The quantitative estimate of drug-likeness (QED) is 0.868. The molecule has 0 spiro atoms. The van der Waals surface area contributed by atoms with Gasteiger partial charge >= 0.3 is 0 Å². The van der Waals surface area contributed by atoms with E-state index in [1.807, 2.05) is 4.40 Å². The Morgan fingerprint density at radius 1 is 1.28 bits per heavy atom. The van der Waals surface area contributed by atoms with Crippen molar-refractivity contribution in [2.75, 3.05) is 20.1 Å². The molecule has 2 aromatic heterocycles. The van der Waals surface area contributed by atoms with E-state index in [1.54, 1.807) is 18.3 Å². The van der Waals surface area contributed by atoms with Crippen molar-refractivity contribution < 1.29 is 5.11 Å². The number of hydrogen-bond acceptors (Lipinski definition) is 4. The topological polar surface area (TPSA) is 53.7 Å². The predicted octanol–water partition coefficient (Wildman–Crippen LogP) is 1.32. The van der Waals surface area contributed by atoms with Crippen LogP contribution in [0.25, 0.3) is 5.65 Å². The van der Waals surface area contributed by atoms with E-state index >= 15 is 0 Å². The zero-order valence-electron chi connectivity index (χ0n) is 10.6. The summed E-state index contributed by atoms with van der Waals surface area (Å²) in [5, 5.41) is 17.9. The molecule has 1 N–H and O–H groups in total. The molecule has 0 saturated carbocycles. The smallest absolute Gasteiger partial charge is 0.161 e. The molecule has 0 bridgehead atoms. The van der Waals surface area contributed by atoms with Gasteiger partial charge in [-0.1, -0.05) is 0 Å². The van der Waals surface area contributed by atoms with E-state index < -0.39 is 0 Å². The molecule has 0 unspecified atom stereocenters. The molecule has 5 heteroatoms. The minimum absolute atomic E-state index is 0.256. The molecule has 0 aromatic carbocycles. The highest BCUT2D eigenvalue weighted by Gasteiger charge is 2.19. The van der Waals surface area contributed by atoms with Gasteiger partial charge in [-0.05, 0) is 51.0 Å². The van der Waals surface area contributed by atoms with Gasteiger partial charge in [0.05, 0.1) is 6.20 Å². The fourth-order valence-electron chi connectivity index (χ4n) is 2.59. The van der Waals surface area contributed by atoms with Gasteiger partial charge in [0.1, 0.15) is 11.6 Å². The summed E-state index contributed by atoms with van der Waals surface area (Å²) < 4.78 is 1.90. The highest BCUT2D eigenvalue weighted by atomic mass is 16.3. The van der Waals surface area contributed by atoms with E-state index in [4.69, 9.17) is 0 Å². The summed E-state index contributed by atoms with van der Waals surface area (Å²) in [5.74, 6) is 1.89. The largest absolute Gasteiger partial charge is 0.506 e. The Morgan fingerprint density at radius 2 is 2.06 bits per heavy atom. The maximum absolute atomic E-state index is 9.53. The summed E-state index contributed by atoms with van der Waals surface area (Å²) in [4.78, 5) is 2.37. The van der Waals surface area contributed by atoms with Gasteiger partial charge in [0, 0.05) is 6.42 Å². The third kappa shape index (κ3) is 2.18. The van der Waals surface area contributed by atoms with Crippen LogP contribution in [0.3, 0.4) is 0 Å². The number of piperidine rings is 1. The monoisotopic (exact) mass is 246 g/mol. The standard InChI is InChI=1S/C13H18N4O/c1-16-6-4-10(5-7-16)8-13-15-14-12-3-2-11(18)9-17(12)13/h2-3,9-10,18H,4-8H2,1H3. The van der Waals surface area contributed by atoms with Crippen LogP contribution >= 0.6 is 0 Å². The van der Waals surface area contributed by atoms with Crippen molar-refractivity contribution in [2.24, 2.45) is 5.92 Å². The molecule has 0 radical (unpaired) electrons. The van der Waals surface area contributed by atoms with Gasteiger partial charge in [-0.3, -0.25) is 4.40 Å². The minimum atomic E-state index is 0.256. The molecule has 0 aliphatic carbocycles. The van der Waals surface area contributed by atoms with E-state index in [-0.39, 0.29) is 5.75 Å². The molecule has 2 aromatic rings. The average Bonchev–Trinajstić information content (AvgIpc) is 2.75. The van der Waals surface area contributed by atoms with Crippen LogP contribution in [-0.4, -0.2) is 44.7 Å². The maximum Gasteiger partial charge on any atom is 0.161 e. The van der Waals surface area contributed by atoms with Crippen molar-refractivity contribution in [2.45, 2.75) is 19.3 Å². The van der Waals surface area contributed by atoms with Crippen LogP contribution < -0.4 is 0 Å². The number of pyridine rings is 1. The molecule has 0 amide bonds. The molecule has 1 aliphatic heterocycles. The zero-order valence-corrected chi connectivity index (χ0v) is 10.6. The van der Waals surface area contributed by atoms with Crippen LogP contribution in [0.5, 0.6) is 5.75 Å². The van der Waals surface area contributed by atoms with Crippen molar-refractivity contribution in [3.8, 4) is 5.75 Å². The number of likely N-dealkylation sites (tertiary alicyclic amines) is 1. The molecule has 5 nitrogen and oxygen atoms in total. The normalized spacial score (nSPS) is 18.5. The lowest BCUT2D eigenvalue weighted by Gasteiger charge is -2.28. The average molecular weight is 246 g/mol. The molecule has 96 valence electrons. The fourth-order valence-corrected chi connectivity index (χ4v) is 2.59. The van der Waals surface area contributed by atoms with Crippen LogP contribution in [0.4, 0.5) is 0 Å². The van der Waals surface area contributed by atoms with E-state index in [0.29, 0.717) is 5.92 Å². The third-order valence-electron chi connectivity index (χ3n) is 3.77. The second kappa shape index (κ2) is 4.57. The number of aromatic hydroxyl groups is 1. The highest BCUT2D eigenvalue weighted by molar-refractivity contribution is 5.40. The van der Waals surface area contributed by atoms with Gasteiger partial charge in [0.15, 0.2) is 5.65 Å². The van der Waals surface area contributed by atoms with Crippen molar-refractivity contribution in [1.82, 2.24) is 19.5 Å². The molecule has 3 heterocycles. The summed E-state index contributed by atoms with van der Waals surface area (Å²) in [6, 6.07) is 3.43. The highest BCUT2D eigenvalue weighted by Crippen LogP contribution is 2.21. The Morgan fingerprint density at radius 3 is 2.83 bits per heavy atom. The first-order valence-corrected chi connectivity index (χ1v) is 6.43. The Kier molecular flexibility index (Phi) is 2.91. The first-order chi connectivity index (χ1) is 8.72. The molecule has 1 aliphatic rings. The van der Waals surface area contributed by atoms with E-state index in [9.17, 15) is 5.11 Å². The maximum atomic E-state index is 9.53. The van der Waals surface area contributed by atoms with Crippen LogP contribution in [-0.2, 0) is 6.42 Å². The van der Waals surface area contributed by atoms with Crippen molar-refractivity contribution in [3.05, 3.63) is 24.2 Å². The lowest BCUT2D eigenvalue weighted by atomic mass is 9.93. The zero-order chi connectivity index (χ0) is 12.5. The minimum Gasteiger partial charge on any atom is -0.506 e. The van der Waals surface area contributed by atoms with Gasteiger partial charge < -0.3 is 10.0 Å². The Balaban J connectivity index is 1.80. The first kappa shape index (κ1) is 11.5. The van der Waals surface area contributed by atoms with Gasteiger partial charge in [-0.25, -0.2) is 0 Å². The first-order valence-electron chi connectivity index (χ1n) is 6.43. The summed E-state index contributed by atoms with van der Waals surface area (Å²) >= 11 is 0. The number of nitrogens with zero attached hydrogens (tertiary/aromatic N) is 4.